The van der Waals surface area contributed by atoms with Gasteiger partial charge in [-0.3, -0.25) is 9.48 Å². The zero-order valence-corrected chi connectivity index (χ0v) is 12.1. The first-order valence-corrected chi connectivity index (χ1v) is 6.39. The summed E-state index contributed by atoms with van der Waals surface area (Å²) in [4.78, 5) is 24.6. The average Bonchev–Trinajstić information content (AvgIpc) is 2.56. The minimum Gasteiger partial charge on any atom is -0.480 e. The van der Waals surface area contributed by atoms with Crippen LogP contribution in [0.15, 0.2) is 0 Å². The maximum absolute atomic E-state index is 12.4. The normalized spacial score (nSPS) is 16.9. The molecule has 1 aromatic rings. The van der Waals surface area contributed by atoms with Crippen LogP contribution in [-0.4, -0.2) is 57.0 Å². The number of ether oxygens (including phenoxy) is 1. The molecular formula is C13H19N3O4. The van der Waals surface area contributed by atoms with Crippen LogP contribution in [0.5, 0.6) is 0 Å². The summed E-state index contributed by atoms with van der Waals surface area (Å²) in [6.45, 7) is 5.92. The molecule has 2 rings (SSSR count). The summed E-state index contributed by atoms with van der Waals surface area (Å²) in [6.07, 6.45) is 0. The SMILES string of the molecule is Cc1nn(C)c(C)c1C(=O)N1CC(C)(OCC(=O)O)C1. The molecule has 0 unspecified atom stereocenters. The van der Waals surface area contributed by atoms with Crippen LogP contribution in [-0.2, 0) is 16.6 Å². The van der Waals surface area contributed by atoms with Gasteiger partial charge in [0.05, 0.1) is 24.3 Å². The van der Waals surface area contributed by atoms with Crippen molar-refractivity contribution in [2.45, 2.75) is 26.4 Å². The van der Waals surface area contributed by atoms with E-state index in [1.165, 1.54) is 0 Å². The van der Waals surface area contributed by atoms with Gasteiger partial charge in [0.2, 0.25) is 0 Å². The van der Waals surface area contributed by atoms with E-state index < -0.39 is 11.6 Å². The van der Waals surface area contributed by atoms with E-state index in [-0.39, 0.29) is 12.5 Å². The number of aryl methyl sites for hydroxylation is 2. The Labute approximate surface area is 117 Å². The molecule has 1 aliphatic heterocycles. The van der Waals surface area contributed by atoms with Crippen molar-refractivity contribution >= 4 is 11.9 Å². The Bertz CT molecular complexity index is 558. The molecule has 1 fully saturated rings. The molecule has 0 spiro atoms. The van der Waals surface area contributed by atoms with Gasteiger partial charge < -0.3 is 14.7 Å². The van der Waals surface area contributed by atoms with Gasteiger partial charge in [-0.15, -0.1) is 0 Å². The molecule has 0 radical (unpaired) electrons. The van der Waals surface area contributed by atoms with E-state index in [9.17, 15) is 9.59 Å². The first-order valence-electron chi connectivity index (χ1n) is 6.39. The van der Waals surface area contributed by atoms with Crippen LogP contribution in [0.4, 0.5) is 0 Å². The summed E-state index contributed by atoms with van der Waals surface area (Å²) in [6, 6.07) is 0. The molecule has 0 aromatic carbocycles. The Kier molecular flexibility index (Phi) is 3.56. The third-order valence-corrected chi connectivity index (χ3v) is 3.60. The molecule has 1 amide bonds. The van der Waals surface area contributed by atoms with Gasteiger partial charge in [-0.25, -0.2) is 4.79 Å². The number of rotatable bonds is 4. The number of carboxylic acids is 1. The number of aliphatic carboxylic acids is 1. The van der Waals surface area contributed by atoms with Crippen molar-refractivity contribution in [1.29, 1.82) is 0 Å². The highest BCUT2D eigenvalue weighted by Crippen LogP contribution is 2.27. The molecular weight excluding hydrogens is 262 g/mol. The number of amides is 1. The van der Waals surface area contributed by atoms with Crippen molar-refractivity contribution in [3.63, 3.8) is 0 Å². The Morgan fingerprint density at radius 3 is 2.45 bits per heavy atom. The molecule has 1 aromatic heterocycles. The van der Waals surface area contributed by atoms with Gasteiger partial charge in [0.25, 0.3) is 5.91 Å². The topological polar surface area (TPSA) is 84.7 Å². The molecule has 0 bridgehead atoms. The number of carbonyl (C=O) groups is 2. The smallest absolute Gasteiger partial charge is 0.329 e. The second-order valence-electron chi connectivity index (χ2n) is 5.46. The van der Waals surface area contributed by atoms with Crippen LogP contribution in [0, 0.1) is 13.8 Å². The monoisotopic (exact) mass is 281 g/mol. The third kappa shape index (κ3) is 2.53. The fraction of sp³-hybridized carbons (Fsp3) is 0.615. The van der Waals surface area contributed by atoms with Gasteiger partial charge in [0, 0.05) is 12.7 Å². The summed E-state index contributed by atoms with van der Waals surface area (Å²) in [5.41, 5.74) is 1.58. The molecule has 20 heavy (non-hydrogen) atoms. The van der Waals surface area contributed by atoms with Crippen LogP contribution < -0.4 is 0 Å². The zero-order valence-electron chi connectivity index (χ0n) is 12.1. The van der Waals surface area contributed by atoms with Crippen LogP contribution in [0.25, 0.3) is 0 Å². The average molecular weight is 281 g/mol. The van der Waals surface area contributed by atoms with E-state index in [1.807, 2.05) is 13.8 Å². The lowest BCUT2D eigenvalue weighted by Gasteiger charge is -2.47. The lowest BCUT2D eigenvalue weighted by Crippen LogP contribution is -2.63. The van der Waals surface area contributed by atoms with Crippen molar-refractivity contribution < 1.29 is 19.4 Å². The molecule has 7 heteroatoms. The fourth-order valence-electron chi connectivity index (χ4n) is 2.47. The molecule has 2 heterocycles. The summed E-state index contributed by atoms with van der Waals surface area (Å²) < 4.78 is 6.98. The number of carbonyl (C=O) groups excluding carboxylic acids is 1. The summed E-state index contributed by atoms with van der Waals surface area (Å²) >= 11 is 0. The number of hydrogen-bond donors (Lipinski definition) is 1. The first kappa shape index (κ1) is 14.5. The predicted molar refractivity (Wildman–Crippen MR) is 70.6 cm³/mol. The highest BCUT2D eigenvalue weighted by Gasteiger charge is 2.43. The number of nitrogens with zero attached hydrogens (tertiary/aromatic N) is 3. The summed E-state index contributed by atoms with van der Waals surface area (Å²) in [5, 5.41) is 12.8. The van der Waals surface area contributed by atoms with Crippen molar-refractivity contribution in [2.24, 2.45) is 7.05 Å². The maximum atomic E-state index is 12.4. The molecule has 110 valence electrons. The maximum Gasteiger partial charge on any atom is 0.329 e. The van der Waals surface area contributed by atoms with E-state index in [2.05, 4.69) is 5.10 Å². The van der Waals surface area contributed by atoms with Gasteiger partial charge in [0.1, 0.15) is 12.2 Å². The summed E-state index contributed by atoms with van der Waals surface area (Å²) in [7, 11) is 1.80. The molecule has 1 N–H and O–H groups in total. The second-order valence-corrected chi connectivity index (χ2v) is 5.46. The number of aromatic nitrogens is 2. The van der Waals surface area contributed by atoms with Crippen LogP contribution in [0.2, 0.25) is 0 Å². The highest BCUT2D eigenvalue weighted by molar-refractivity contribution is 5.97. The Balaban J connectivity index is 2.02. The van der Waals surface area contributed by atoms with Crippen molar-refractivity contribution in [2.75, 3.05) is 19.7 Å². The van der Waals surface area contributed by atoms with E-state index >= 15 is 0 Å². The zero-order chi connectivity index (χ0) is 15.1. The number of carboxylic acid groups (broad SMARTS) is 1. The van der Waals surface area contributed by atoms with Crippen molar-refractivity contribution in [3.05, 3.63) is 17.0 Å². The second kappa shape index (κ2) is 4.90. The first-order chi connectivity index (χ1) is 9.23. The van der Waals surface area contributed by atoms with E-state index in [0.29, 0.717) is 24.3 Å². The number of hydrogen-bond acceptors (Lipinski definition) is 4. The Morgan fingerprint density at radius 2 is 2.00 bits per heavy atom. The van der Waals surface area contributed by atoms with Gasteiger partial charge in [-0.05, 0) is 20.8 Å². The predicted octanol–water partition coefficient (Wildman–Crippen LogP) is 0.353. The summed E-state index contributed by atoms with van der Waals surface area (Å²) in [5.74, 6) is -1.08. The Hall–Kier alpha value is -1.89. The molecule has 0 aliphatic carbocycles. The minimum atomic E-state index is -1.00. The lowest BCUT2D eigenvalue weighted by molar-refractivity contribution is -0.159. The number of likely N-dealkylation sites (tertiary alicyclic amines) is 1. The quantitative estimate of drug-likeness (QED) is 0.861. The molecule has 0 atom stereocenters. The fourth-order valence-corrected chi connectivity index (χ4v) is 2.47. The third-order valence-electron chi connectivity index (χ3n) is 3.60. The lowest BCUT2D eigenvalue weighted by atomic mass is 9.95. The minimum absolute atomic E-state index is 0.0792. The molecule has 1 saturated heterocycles. The standard InChI is InChI=1S/C13H19N3O4/c1-8-11(9(2)15(4)14-8)12(19)16-6-13(3,7-16)20-5-10(17)18/h5-7H2,1-4H3,(H,17,18). The molecule has 0 saturated carbocycles. The molecule has 1 aliphatic rings. The van der Waals surface area contributed by atoms with Gasteiger partial charge in [-0.1, -0.05) is 0 Å². The largest absolute Gasteiger partial charge is 0.480 e. The van der Waals surface area contributed by atoms with Gasteiger partial charge in [-0.2, -0.15) is 5.10 Å². The Morgan fingerprint density at radius 1 is 1.40 bits per heavy atom. The van der Waals surface area contributed by atoms with E-state index in [4.69, 9.17) is 9.84 Å². The van der Waals surface area contributed by atoms with Crippen LogP contribution >= 0.6 is 0 Å². The van der Waals surface area contributed by atoms with Crippen LogP contribution in [0.3, 0.4) is 0 Å². The van der Waals surface area contributed by atoms with E-state index in [1.54, 1.807) is 23.6 Å². The van der Waals surface area contributed by atoms with Gasteiger partial charge >= 0.3 is 5.97 Å². The highest BCUT2D eigenvalue weighted by atomic mass is 16.5. The van der Waals surface area contributed by atoms with E-state index in [0.717, 1.165) is 5.69 Å². The van der Waals surface area contributed by atoms with Crippen molar-refractivity contribution in [1.82, 2.24) is 14.7 Å². The van der Waals surface area contributed by atoms with Crippen LogP contribution in [0.1, 0.15) is 28.7 Å². The molecule has 7 nitrogen and oxygen atoms in total. The van der Waals surface area contributed by atoms with Gasteiger partial charge in [0.15, 0.2) is 0 Å². The van der Waals surface area contributed by atoms with Crippen molar-refractivity contribution in [3.8, 4) is 0 Å².